The van der Waals surface area contributed by atoms with Gasteiger partial charge in [0.25, 0.3) is 0 Å². The lowest BCUT2D eigenvalue weighted by Gasteiger charge is -2.40. The predicted octanol–water partition coefficient (Wildman–Crippen LogP) is 9.38. The Balaban J connectivity index is 1.24. The number of hydrogen-bond donors (Lipinski definition) is 0. The number of benzene rings is 2. The number of nitrogens with zero attached hydrogens (tertiary/aromatic N) is 7. The maximum absolute atomic E-state index is 17.6. The summed E-state index contributed by atoms with van der Waals surface area (Å²) in [5.41, 5.74) is 1.06. The monoisotopic (exact) mass is 803 g/mol. The minimum absolute atomic E-state index is 0.0505. The molecule has 0 unspecified atom stereocenters. The maximum Gasteiger partial charge on any atom is 0.319 e. The van der Waals surface area contributed by atoms with E-state index < -0.39 is 31.7 Å². The lowest BCUT2D eigenvalue weighted by molar-refractivity contribution is 0.107. The molecule has 5 atom stereocenters. The van der Waals surface area contributed by atoms with E-state index in [2.05, 4.69) is 54.7 Å². The number of alkyl halides is 1. The molecule has 14 heteroatoms. The van der Waals surface area contributed by atoms with Crippen LogP contribution >= 0.6 is 11.3 Å². The zero-order chi connectivity index (χ0) is 39.9. The first-order valence-corrected chi connectivity index (χ1v) is 23.5. The Morgan fingerprint density at radius 2 is 1.95 bits per heavy atom. The van der Waals surface area contributed by atoms with Crippen LogP contribution in [0.25, 0.3) is 32.1 Å². The second-order valence-electron chi connectivity index (χ2n) is 18.3. The van der Waals surface area contributed by atoms with E-state index >= 15 is 8.78 Å². The third-order valence-corrected chi connectivity index (χ3v) is 18.7. The van der Waals surface area contributed by atoms with E-state index in [1.54, 1.807) is 11.2 Å². The van der Waals surface area contributed by atoms with Crippen molar-refractivity contribution in [2.45, 2.75) is 95.7 Å². The van der Waals surface area contributed by atoms with Gasteiger partial charge in [-0.05, 0) is 86.5 Å². The number of thiophene rings is 1. The van der Waals surface area contributed by atoms with Crippen LogP contribution in [0.3, 0.4) is 0 Å². The molecular formula is C42H52F3N7O2SSi. The van der Waals surface area contributed by atoms with E-state index in [1.165, 1.54) is 12.1 Å². The number of rotatable bonds is 9. The minimum atomic E-state index is -2.01. The Labute approximate surface area is 332 Å². The third-order valence-electron chi connectivity index (χ3n) is 13.1. The molecule has 4 aliphatic rings. The van der Waals surface area contributed by atoms with Gasteiger partial charge in [-0.25, -0.2) is 18.2 Å². The number of aryl methyl sites for hydroxylation is 1. The number of piperidine rings is 1. The summed E-state index contributed by atoms with van der Waals surface area (Å²) in [4.78, 5) is 20.4. The summed E-state index contributed by atoms with van der Waals surface area (Å²) in [6.45, 7) is 16.1. The molecule has 0 N–H and O–H groups in total. The molecule has 5 heterocycles. The van der Waals surface area contributed by atoms with Crippen molar-refractivity contribution in [3.8, 4) is 23.2 Å². The van der Waals surface area contributed by atoms with E-state index in [9.17, 15) is 9.65 Å². The second-order valence-corrected chi connectivity index (χ2v) is 24.0. The van der Waals surface area contributed by atoms with E-state index in [1.807, 2.05) is 27.1 Å². The van der Waals surface area contributed by atoms with Crippen LogP contribution in [-0.2, 0) is 4.43 Å². The summed E-state index contributed by atoms with van der Waals surface area (Å²) in [6.07, 6.45) is 5.01. The topological polar surface area (TPSA) is 90.1 Å². The fourth-order valence-corrected chi connectivity index (χ4v) is 11.8. The molecule has 2 aromatic carbocycles. The van der Waals surface area contributed by atoms with Gasteiger partial charge >= 0.3 is 6.01 Å². The predicted molar refractivity (Wildman–Crippen MR) is 221 cm³/mol. The Bertz CT molecular complexity index is 2270. The lowest BCUT2D eigenvalue weighted by atomic mass is 9.93. The molecule has 0 spiro atoms. The van der Waals surface area contributed by atoms with Gasteiger partial charge in [-0.1, -0.05) is 26.8 Å². The lowest BCUT2D eigenvalue weighted by Crippen LogP contribution is -2.46. The number of aliphatic imine (C=N–C) groups is 1. The van der Waals surface area contributed by atoms with Gasteiger partial charge in [-0.15, -0.1) is 11.3 Å². The van der Waals surface area contributed by atoms with Crippen LogP contribution in [0, 0.1) is 41.7 Å². The zero-order valence-electron chi connectivity index (χ0n) is 33.7. The van der Waals surface area contributed by atoms with Crippen LogP contribution < -0.4 is 9.64 Å². The zero-order valence-corrected chi connectivity index (χ0v) is 35.5. The van der Waals surface area contributed by atoms with Gasteiger partial charge in [0.1, 0.15) is 41.0 Å². The highest BCUT2D eigenvalue weighted by molar-refractivity contribution is 7.23. The van der Waals surface area contributed by atoms with Gasteiger partial charge in [0.2, 0.25) is 0 Å². The summed E-state index contributed by atoms with van der Waals surface area (Å²) >= 11 is 1.07. The fraction of sp³-hybridized carbons (Fsp3) is 0.571. The first-order valence-electron chi connectivity index (χ1n) is 19.8. The molecule has 3 saturated heterocycles. The largest absolute Gasteiger partial charge is 0.461 e. The maximum atomic E-state index is 17.6. The molecule has 3 aliphatic heterocycles. The van der Waals surface area contributed by atoms with E-state index in [4.69, 9.17) is 19.1 Å². The molecule has 2 aromatic heterocycles. The first kappa shape index (κ1) is 39.1. The van der Waals surface area contributed by atoms with Crippen molar-refractivity contribution in [1.29, 1.82) is 5.26 Å². The smallest absolute Gasteiger partial charge is 0.319 e. The van der Waals surface area contributed by atoms with E-state index in [0.717, 1.165) is 50.1 Å². The van der Waals surface area contributed by atoms with Crippen molar-refractivity contribution in [2.75, 3.05) is 51.8 Å². The van der Waals surface area contributed by atoms with E-state index in [-0.39, 0.29) is 45.1 Å². The average Bonchev–Trinajstić information content (AvgIpc) is 3.85. The molecule has 0 radical (unpaired) electrons. The molecule has 1 aliphatic carbocycles. The van der Waals surface area contributed by atoms with Crippen LogP contribution in [0.15, 0.2) is 23.2 Å². The quantitative estimate of drug-likeness (QED) is 0.0940. The van der Waals surface area contributed by atoms with Crippen molar-refractivity contribution < 1.29 is 22.3 Å². The minimum Gasteiger partial charge on any atom is -0.461 e. The van der Waals surface area contributed by atoms with Crippen molar-refractivity contribution in [3.63, 3.8) is 0 Å². The summed E-state index contributed by atoms with van der Waals surface area (Å²) < 4.78 is 61.4. The van der Waals surface area contributed by atoms with E-state index in [0.29, 0.717) is 64.1 Å². The normalized spacial score (nSPS) is 25.5. The average molecular weight is 804 g/mol. The Hall–Kier alpha value is -3.77. The molecule has 2 bridgehead atoms. The summed E-state index contributed by atoms with van der Waals surface area (Å²) in [5.74, 6) is 0.199. The van der Waals surface area contributed by atoms with Gasteiger partial charge in [-0.2, -0.15) is 15.2 Å². The second kappa shape index (κ2) is 14.3. The standard InChI is InChI=1S/C42H52F3N7O2SSi/c1-24-14-29-36(35(45)33(24)28-10-11-31(44)37-34(28)30(18-46)39(55-37)47-23-50(5)6)48-40(53-22-42-12-9-13-52(42)21-27(43)17-42)49-38(29)51-19-25-15-26(20-51)32(16-25)54-56(7,8)41(2,3)4/h10-11,14,23,25-27,32H,9,12-13,15-17,19-22H2,1-8H3/b47-23+/t25-,26-,27-,32-,42+/m1/s1. The van der Waals surface area contributed by atoms with Crippen LogP contribution in [0.1, 0.15) is 64.0 Å². The summed E-state index contributed by atoms with van der Waals surface area (Å²) in [5, 5.41) is 11.7. The van der Waals surface area contributed by atoms with Crippen molar-refractivity contribution in [2.24, 2.45) is 16.8 Å². The highest BCUT2D eigenvalue weighted by atomic mass is 32.1. The van der Waals surface area contributed by atoms with Gasteiger partial charge < -0.3 is 19.0 Å². The number of anilines is 1. The SMILES string of the molecule is Cc1cc2c(N3C[C@@H]4C[C@H](C3)[C@H](O[Si](C)(C)C(C)(C)C)C4)nc(OC[C@@]34CCCN3C[C@H](F)C4)nc2c(F)c1-c1ccc(F)c2sc(/N=C/N(C)C)c(C#N)c12. The molecule has 298 valence electrons. The summed E-state index contributed by atoms with van der Waals surface area (Å²) in [6, 6.07) is 7.03. The first-order chi connectivity index (χ1) is 26.5. The number of nitriles is 1. The summed E-state index contributed by atoms with van der Waals surface area (Å²) in [7, 11) is 1.60. The molecule has 1 saturated carbocycles. The number of hydrogen-bond acceptors (Lipinski definition) is 9. The van der Waals surface area contributed by atoms with Crippen LogP contribution in [-0.4, -0.2) is 99.1 Å². The number of aromatic nitrogens is 2. The highest BCUT2D eigenvalue weighted by Crippen LogP contribution is 2.49. The Kier molecular flexibility index (Phi) is 9.94. The molecule has 9 nitrogen and oxygen atoms in total. The number of halogens is 3. The van der Waals surface area contributed by atoms with Crippen molar-refractivity contribution in [1.82, 2.24) is 19.8 Å². The molecule has 8 rings (SSSR count). The molecule has 4 aromatic rings. The third kappa shape index (κ3) is 6.76. The number of fused-ring (bicyclic) bond motifs is 5. The molecular weight excluding hydrogens is 752 g/mol. The van der Waals surface area contributed by atoms with Crippen LogP contribution in [0.5, 0.6) is 6.01 Å². The van der Waals surface area contributed by atoms with Gasteiger partial charge in [-0.3, -0.25) is 4.90 Å². The number of ether oxygens (including phenoxy) is 1. The fourth-order valence-electron chi connectivity index (χ4n) is 9.41. The van der Waals surface area contributed by atoms with Crippen molar-refractivity contribution >= 4 is 57.8 Å². The Morgan fingerprint density at radius 3 is 2.68 bits per heavy atom. The van der Waals surface area contributed by atoms with Crippen LogP contribution in [0.2, 0.25) is 18.1 Å². The van der Waals surface area contributed by atoms with Crippen molar-refractivity contribution in [3.05, 3.63) is 41.0 Å². The molecule has 4 fully saturated rings. The van der Waals surface area contributed by atoms with Gasteiger partial charge in [0.05, 0.1) is 22.1 Å². The Morgan fingerprint density at radius 1 is 1.16 bits per heavy atom. The van der Waals surface area contributed by atoms with Crippen LogP contribution in [0.4, 0.5) is 24.0 Å². The molecule has 0 amide bonds. The van der Waals surface area contributed by atoms with Gasteiger partial charge in [0, 0.05) is 68.5 Å². The highest BCUT2D eigenvalue weighted by Gasteiger charge is 2.50. The molecule has 56 heavy (non-hydrogen) atoms. The van der Waals surface area contributed by atoms with Gasteiger partial charge in [0.15, 0.2) is 14.1 Å².